The van der Waals surface area contributed by atoms with Gasteiger partial charge in [0.2, 0.25) is 0 Å². The van der Waals surface area contributed by atoms with E-state index in [1.807, 2.05) is 79.8 Å². The predicted molar refractivity (Wildman–Crippen MR) is 140 cm³/mol. The summed E-state index contributed by atoms with van der Waals surface area (Å²) in [6.45, 7) is 1.84. The first-order valence-electron chi connectivity index (χ1n) is 10.8. The van der Waals surface area contributed by atoms with Crippen LogP contribution in [-0.4, -0.2) is 35.8 Å². The van der Waals surface area contributed by atoms with Gasteiger partial charge in [0.05, 0.1) is 50.5 Å². The van der Waals surface area contributed by atoms with E-state index >= 15 is 0 Å². The second-order valence-corrected chi connectivity index (χ2v) is 9.47. The van der Waals surface area contributed by atoms with Crippen LogP contribution in [0.1, 0.15) is 5.56 Å². The molecule has 0 atom stereocenters. The molecule has 0 radical (unpaired) electrons. The van der Waals surface area contributed by atoms with Gasteiger partial charge in [-0.25, -0.2) is 20.0 Å². The molecule has 0 saturated heterocycles. The van der Waals surface area contributed by atoms with E-state index in [-0.39, 0.29) is 4.90 Å². The summed E-state index contributed by atoms with van der Waals surface area (Å²) in [4.78, 5) is 18.3. The van der Waals surface area contributed by atoms with Crippen molar-refractivity contribution in [3.63, 3.8) is 0 Å². The van der Waals surface area contributed by atoms with Crippen molar-refractivity contribution in [3.05, 3.63) is 126 Å². The average Bonchev–Trinajstić information content (AvgIpc) is 3.60. The van der Waals surface area contributed by atoms with Crippen LogP contribution in [0.3, 0.4) is 0 Å². The summed E-state index contributed by atoms with van der Waals surface area (Å²) in [5.74, 6) is 0. The van der Waals surface area contributed by atoms with Gasteiger partial charge < -0.3 is 0 Å². The number of benzene rings is 1. The van der Waals surface area contributed by atoms with Crippen molar-refractivity contribution in [2.24, 2.45) is 20.0 Å². The van der Waals surface area contributed by atoms with E-state index < -0.39 is 10.1 Å². The van der Waals surface area contributed by atoms with E-state index in [2.05, 4.69) is 20.0 Å². The van der Waals surface area contributed by atoms with Gasteiger partial charge in [0, 0.05) is 0 Å². The standard InChI is InChI=1S/C20H12N4.C7H8O3S/c1-2-14-10-16-5-6-18(23-16)12-20-8-7-19(24-20)11-17-4-3-15(22-17)9-13(1)21-14;1-6-2-4-7(5-3-6)11(8,9)10/h1-12H;2-5H,1H3,(H,8,9,10). The third-order valence-electron chi connectivity index (χ3n) is 5.23. The third-order valence-corrected chi connectivity index (χ3v) is 6.10. The van der Waals surface area contributed by atoms with Gasteiger partial charge >= 0.3 is 0 Å². The molecule has 1 aromatic carbocycles. The molecule has 0 fully saturated rings. The molecule has 0 spiro atoms. The Morgan fingerprint density at radius 3 is 1.14 bits per heavy atom. The molecule has 6 rings (SSSR count). The highest BCUT2D eigenvalue weighted by Gasteiger charge is 2.11. The predicted octanol–water partition coefficient (Wildman–Crippen LogP) is 4.82. The molecule has 0 saturated carbocycles. The van der Waals surface area contributed by atoms with Gasteiger partial charge in [-0.05, 0) is 92.0 Å². The van der Waals surface area contributed by atoms with Crippen molar-refractivity contribution < 1.29 is 13.0 Å². The number of aliphatic imine (C=N–C) groups is 4. The number of aryl methyl sites for hydroxylation is 1. The van der Waals surface area contributed by atoms with Crippen molar-refractivity contribution >= 4 is 33.0 Å². The highest BCUT2D eigenvalue weighted by molar-refractivity contribution is 7.85. The lowest BCUT2D eigenvalue weighted by molar-refractivity contribution is 0.483. The number of fused-ring (bicyclic) bond motifs is 4. The Morgan fingerprint density at radius 2 is 0.857 bits per heavy atom. The summed E-state index contributed by atoms with van der Waals surface area (Å²) in [6.07, 6.45) is 23.8. The number of rotatable bonds is 1. The zero-order chi connectivity index (χ0) is 24.4. The minimum absolute atomic E-state index is 0.0666. The maximum atomic E-state index is 10.5. The SMILES string of the molecule is C1=CC2=NC1=CC1=NC(=CC3=NC(=CC4=NC(=C2)C=C4)C=C3)C=C1.Cc1ccc(S(=O)(=O)O)cc1. The fourth-order valence-corrected chi connectivity index (χ4v) is 4.02. The van der Waals surface area contributed by atoms with Crippen LogP contribution in [0.4, 0.5) is 0 Å². The molecule has 5 heterocycles. The smallest absolute Gasteiger partial charge is 0.282 e. The van der Waals surface area contributed by atoms with Gasteiger partial charge in [-0.15, -0.1) is 0 Å². The van der Waals surface area contributed by atoms with Gasteiger partial charge in [0.25, 0.3) is 10.1 Å². The van der Waals surface area contributed by atoms with Crippen molar-refractivity contribution in [2.75, 3.05) is 0 Å². The minimum atomic E-state index is -4.02. The second kappa shape index (κ2) is 9.17. The summed E-state index contributed by atoms with van der Waals surface area (Å²) < 4.78 is 29.6. The van der Waals surface area contributed by atoms with Crippen LogP contribution in [0.25, 0.3) is 0 Å². The van der Waals surface area contributed by atoms with E-state index in [0.29, 0.717) is 0 Å². The lowest BCUT2D eigenvalue weighted by atomic mass is 10.2. The molecule has 8 bridgehead atoms. The quantitative estimate of drug-likeness (QED) is 0.583. The molecule has 0 aliphatic carbocycles. The molecule has 172 valence electrons. The Bertz CT molecular complexity index is 1400. The molecular weight excluding hydrogens is 460 g/mol. The average molecular weight is 481 g/mol. The fourth-order valence-electron chi connectivity index (χ4n) is 3.54. The van der Waals surface area contributed by atoms with Crippen LogP contribution in [-0.2, 0) is 10.1 Å². The maximum absolute atomic E-state index is 10.5. The van der Waals surface area contributed by atoms with Crippen LogP contribution >= 0.6 is 0 Å². The Balaban J connectivity index is 0.000000195. The van der Waals surface area contributed by atoms with Gasteiger partial charge in [-0.3, -0.25) is 4.55 Å². The van der Waals surface area contributed by atoms with Crippen LogP contribution in [0.2, 0.25) is 0 Å². The van der Waals surface area contributed by atoms with Crippen molar-refractivity contribution in [1.29, 1.82) is 0 Å². The van der Waals surface area contributed by atoms with Gasteiger partial charge in [-0.2, -0.15) is 8.42 Å². The molecule has 35 heavy (non-hydrogen) atoms. The van der Waals surface area contributed by atoms with E-state index in [9.17, 15) is 8.42 Å². The van der Waals surface area contributed by atoms with Crippen molar-refractivity contribution in [1.82, 2.24) is 0 Å². The Kier molecular flexibility index (Phi) is 5.90. The van der Waals surface area contributed by atoms with Crippen LogP contribution in [0.5, 0.6) is 0 Å². The monoisotopic (exact) mass is 480 g/mol. The second-order valence-electron chi connectivity index (χ2n) is 8.04. The molecule has 1 N–H and O–H groups in total. The molecule has 5 aliphatic rings. The topological polar surface area (TPSA) is 104 Å². The largest absolute Gasteiger partial charge is 0.294 e. The first-order valence-corrected chi connectivity index (χ1v) is 12.2. The number of allylic oxidation sites excluding steroid dienone is 12. The molecule has 0 unspecified atom stereocenters. The van der Waals surface area contributed by atoms with Crippen LogP contribution in [0, 0.1) is 6.92 Å². The van der Waals surface area contributed by atoms with Gasteiger partial charge in [0.1, 0.15) is 0 Å². The molecule has 8 heteroatoms. The first kappa shape index (κ1) is 22.5. The van der Waals surface area contributed by atoms with Crippen LogP contribution < -0.4 is 0 Å². The Hall–Kier alpha value is -4.27. The summed E-state index contributed by atoms with van der Waals surface area (Å²) in [7, 11) is -4.02. The van der Waals surface area contributed by atoms with Crippen molar-refractivity contribution in [2.45, 2.75) is 11.8 Å². The Labute approximate surface area is 203 Å². The lowest BCUT2D eigenvalue weighted by Crippen LogP contribution is -1.96. The number of hydrogen-bond donors (Lipinski definition) is 1. The van der Waals surface area contributed by atoms with E-state index in [1.54, 1.807) is 12.1 Å². The lowest BCUT2D eigenvalue weighted by Gasteiger charge is -1.95. The third kappa shape index (κ3) is 5.63. The van der Waals surface area contributed by atoms with Crippen LogP contribution in [0.15, 0.2) is 145 Å². The number of hydrogen-bond acceptors (Lipinski definition) is 6. The maximum Gasteiger partial charge on any atom is 0.294 e. The molecule has 0 aromatic heterocycles. The highest BCUT2D eigenvalue weighted by atomic mass is 32.2. The van der Waals surface area contributed by atoms with E-state index in [0.717, 1.165) is 51.2 Å². The molecule has 1 aromatic rings. The molecule has 0 amide bonds. The Morgan fingerprint density at radius 1 is 0.543 bits per heavy atom. The zero-order valence-electron chi connectivity index (χ0n) is 18.7. The molecular formula is C27H20N4O3S. The summed E-state index contributed by atoms with van der Waals surface area (Å²) in [6, 6.07) is 5.99. The van der Waals surface area contributed by atoms with Crippen molar-refractivity contribution in [3.8, 4) is 0 Å². The van der Waals surface area contributed by atoms with Gasteiger partial charge in [-0.1, -0.05) is 17.7 Å². The molecule has 5 aliphatic heterocycles. The summed E-state index contributed by atoms with van der Waals surface area (Å²) in [5, 5.41) is 0. The highest BCUT2D eigenvalue weighted by Crippen LogP contribution is 2.20. The van der Waals surface area contributed by atoms with E-state index in [1.165, 1.54) is 12.1 Å². The minimum Gasteiger partial charge on any atom is -0.282 e. The summed E-state index contributed by atoms with van der Waals surface area (Å²) in [5.41, 5.74) is 8.10. The normalized spacial score (nSPS) is 19.1. The first-order chi connectivity index (χ1) is 16.8. The molecule has 7 nitrogen and oxygen atoms in total. The number of nitrogens with zero attached hydrogens (tertiary/aromatic N) is 4. The fraction of sp³-hybridized carbons (Fsp3) is 0.0370. The zero-order valence-corrected chi connectivity index (χ0v) is 19.5. The van der Waals surface area contributed by atoms with E-state index in [4.69, 9.17) is 4.55 Å². The van der Waals surface area contributed by atoms with Gasteiger partial charge in [0.15, 0.2) is 0 Å². The summed E-state index contributed by atoms with van der Waals surface area (Å²) >= 11 is 0.